The molecular weight excluding hydrogens is 293 g/mol. The van der Waals surface area contributed by atoms with Crippen molar-refractivity contribution in [3.63, 3.8) is 0 Å². The summed E-state index contributed by atoms with van der Waals surface area (Å²) in [4.78, 5) is 0. The van der Waals surface area contributed by atoms with E-state index in [1.165, 1.54) is 12.1 Å². The summed E-state index contributed by atoms with van der Waals surface area (Å²) in [6.07, 6.45) is 0. The van der Waals surface area contributed by atoms with Gasteiger partial charge in [-0.15, -0.1) is 0 Å². The summed E-state index contributed by atoms with van der Waals surface area (Å²) in [5, 5.41) is 4.17. The highest BCUT2D eigenvalue weighted by Gasteiger charge is 2.08. The molecule has 0 bridgehead atoms. The van der Waals surface area contributed by atoms with Gasteiger partial charge in [-0.25, -0.2) is 4.39 Å². The van der Waals surface area contributed by atoms with Gasteiger partial charge in [0.15, 0.2) is 11.3 Å². The summed E-state index contributed by atoms with van der Waals surface area (Å²) in [5.74, 6) is 0.981. The first-order valence-corrected chi connectivity index (χ1v) is 6.79. The van der Waals surface area contributed by atoms with Crippen LogP contribution in [0, 0.1) is 5.82 Å². The van der Waals surface area contributed by atoms with Crippen molar-refractivity contribution in [3.05, 3.63) is 59.1 Å². The zero-order chi connectivity index (χ0) is 14.8. The molecule has 3 aromatic rings. The Morgan fingerprint density at radius 3 is 2.86 bits per heavy atom. The summed E-state index contributed by atoms with van der Waals surface area (Å²) < 4.78 is 24.4. The van der Waals surface area contributed by atoms with Crippen LogP contribution in [0.2, 0.25) is 5.02 Å². The highest BCUT2D eigenvalue weighted by Crippen LogP contribution is 2.29. The van der Waals surface area contributed by atoms with Gasteiger partial charge >= 0.3 is 0 Å². The molecule has 1 heterocycles. The molecule has 1 N–H and O–H groups in total. The maximum Gasteiger partial charge on any atom is 0.176 e. The van der Waals surface area contributed by atoms with Gasteiger partial charge in [0.25, 0.3) is 0 Å². The van der Waals surface area contributed by atoms with Crippen LogP contribution in [0.25, 0.3) is 11.0 Å². The van der Waals surface area contributed by atoms with Gasteiger partial charge in [0, 0.05) is 11.1 Å². The molecule has 0 atom stereocenters. The van der Waals surface area contributed by atoms with Crippen LogP contribution in [-0.2, 0) is 6.54 Å². The Morgan fingerprint density at radius 2 is 2.10 bits per heavy atom. The fraction of sp³-hybridized carbons (Fsp3) is 0.125. The fourth-order valence-electron chi connectivity index (χ4n) is 2.13. The number of para-hydroxylation sites is 1. The monoisotopic (exact) mass is 305 g/mol. The second-order valence-electron chi connectivity index (χ2n) is 4.57. The molecule has 0 unspecified atom stereocenters. The standard InChI is InChI=1S/C16H13ClFNO2/c1-20-15-4-2-3-10-7-12(21-16(10)15)9-19-11-5-6-13(17)14(18)8-11/h2-8,19H,9H2,1H3. The Balaban J connectivity index is 1.80. The van der Waals surface area contributed by atoms with Crippen LogP contribution in [-0.4, -0.2) is 7.11 Å². The summed E-state index contributed by atoms with van der Waals surface area (Å²) in [6.45, 7) is 0.443. The normalized spacial score (nSPS) is 10.8. The van der Waals surface area contributed by atoms with E-state index >= 15 is 0 Å². The third kappa shape index (κ3) is 2.81. The minimum Gasteiger partial charge on any atom is -0.493 e. The Bertz CT molecular complexity index is 785. The van der Waals surface area contributed by atoms with Crippen LogP contribution in [0.3, 0.4) is 0 Å². The summed E-state index contributed by atoms with van der Waals surface area (Å²) >= 11 is 5.65. The van der Waals surface area contributed by atoms with Crippen molar-refractivity contribution < 1.29 is 13.5 Å². The average molecular weight is 306 g/mol. The highest BCUT2D eigenvalue weighted by molar-refractivity contribution is 6.30. The lowest BCUT2D eigenvalue weighted by molar-refractivity contribution is 0.408. The number of rotatable bonds is 4. The minimum atomic E-state index is -0.451. The lowest BCUT2D eigenvalue weighted by atomic mass is 10.2. The minimum absolute atomic E-state index is 0.106. The smallest absolute Gasteiger partial charge is 0.176 e. The summed E-state index contributed by atoms with van der Waals surface area (Å²) in [5.41, 5.74) is 1.35. The predicted octanol–water partition coefficient (Wildman–Crippen LogP) is 4.85. The second kappa shape index (κ2) is 5.66. The number of ether oxygens (including phenoxy) is 1. The van der Waals surface area contributed by atoms with Crippen LogP contribution >= 0.6 is 11.6 Å². The molecule has 0 amide bonds. The van der Waals surface area contributed by atoms with Gasteiger partial charge in [0.05, 0.1) is 18.7 Å². The van der Waals surface area contributed by atoms with E-state index in [1.807, 2.05) is 24.3 Å². The molecule has 3 nitrogen and oxygen atoms in total. The van der Waals surface area contributed by atoms with Crippen molar-refractivity contribution in [2.75, 3.05) is 12.4 Å². The zero-order valence-electron chi connectivity index (χ0n) is 11.3. The zero-order valence-corrected chi connectivity index (χ0v) is 12.1. The van der Waals surface area contributed by atoms with Crippen molar-refractivity contribution in [1.82, 2.24) is 0 Å². The molecule has 0 saturated heterocycles. The molecule has 5 heteroatoms. The van der Waals surface area contributed by atoms with Crippen LogP contribution in [0.4, 0.5) is 10.1 Å². The van der Waals surface area contributed by atoms with Crippen LogP contribution in [0.15, 0.2) is 46.9 Å². The van der Waals surface area contributed by atoms with E-state index in [1.54, 1.807) is 13.2 Å². The van der Waals surface area contributed by atoms with Crippen molar-refractivity contribution in [2.24, 2.45) is 0 Å². The van der Waals surface area contributed by atoms with E-state index in [4.69, 9.17) is 20.8 Å². The maximum atomic E-state index is 13.4. The number of methoxy groups -OCH3 is 1. The first kappa shape index (κ1) is 13.8. The molecule has 0 spiro atoms. The quantitative estimate of drug-likeness (QED) is 0.748. The number of furan rings is 1. The Labute approximate surface area is 126 Å². The molecule has 0 aliphatic rings. The summed E-state index contributed by atoms with van der Waals surface area (Å²) in [7, 11) is 1.60. The van der Waals surface area contributed by atoms with Gasteiger partial charge < -0.3 is 14.5 Å². The van der Waals surface area contributed by atoms with E-state index < -0.39 is 5.82 Å². The fourth-order valence-corrected chi connectivity index (χ4v) is 2.25. The van der Waals surface area contributed by atoms with Crippen LogP contribution in [0.5, 0.6) is 5.75 Å². The van der Waals surface area contributed by atoms with E-state index in [-0.39, 0.29) is 5.02 Å². The SMILES string of the molecule is COc1cccc2cc(CNc3ccc(Cl)c(F)c3)oc12. The molecule has 1 aromatic heterocycles. The van der Waals surface area contributed by atoms with E-state index in [2.05, 4.69) is 5.32 Å². The number of halogens is 2. The van der Waals surface area contributed by atoms with Crippen LogP contribution < -0.4 is 10.1 Å². The molecule has 2 aromatic carbocycles. The summed E-state index contributed by atoms with van der Waals surface area (Å²) in [6, 6.07) is 12.2. The molecule has 0 saturated carbocycles. The first-order valence-electron chi connectivity index (χ1n) is 6.42. The van der Waals surface area contributed by atoms with E-state index in [9.17, 15) is 4.39 Å². The lowest BCUT2D eigenvalue weighted by Gasteiger charge is -2.05. The van der Waals surface area contributed by atoms with Gasteiger partial charge in [0.2, 0.25) is 0 Å². The van der Waals surface area contributed by atoms with E-state index in [0.717, 1.165) is 11.1 Å². The van der Waals surface area contributed by atoms with Gasteiger partial charge in [0.1, 0.15) is 11.6 Å². The number of anilines is 1. The topological polar surface area (TPSA) is 34.4 Å². The molecule has 0 fully saturated rings. The number of nitrogens with one attached hydrogen (secondary N) is 1. The Morgan fingerprint density at radius 1 is 1.24 bits per heavy atom. The van der Waals surface area contributed by atoms with Gasteiger partial charge in [-0.05, 0) is 30.3 Å². The first-order chi connectivity index (χ1) is 10.2. The highest BCUT2D eigenvalue weighted by atomic mass is 35.5. The maximum absolute atomic E-state index is 13.4. The third-order valence-electron chi connectivity index (χ3n) is 3.17. The number of hydrogen-bond acceptors (Lipinski definition) is 3. The molecule has 3 rings (SSSR count). The molecule has 0 aliphatic carbocycles. The van der Waals surface area contributed by atoms with Crippen LogP contribution in [0.1, 0.15) is 5.76 Å². The molecule has 108 valence electrons. The molecular formula is C16H13ClFNO2. The molecule has 0 radical (unpaired) electrons. The second-order valence-corrected chi connectivity index (χ2v) is 4.98. The van der Waals surface area contributed by atoms with Gasteiger partial charge in [-0.1, -0.05) is 23.7 Å². The van der Waals surface area contributed by atoms with Crippen molar-refractivity contribution >= 4 is 28.3 Å². The van der Waals surface area contributed by atoms with E-state index in [0.29, 0.717) is 23.6 Å². The van der Waals surface area contributed by atoms with Gasteiger partial charge in [-0.2, -0.15) is 0 Å². The lowest BCUT2D eigenvalue weighted by Crippen LogP contribution is -1.98. The molecule has 0 aliphatic heterocycles. The van der Waals surface area contributed by atoms with Crippen molar-refractivity contribution in [2.45, 2.75) is 6.54 Å². The number of benzene rings is 2. The largest absolute Gasteiger partial charge is 0.493 e. The third-order valence-corrected chi connectivity index (χ3v) is 3.47. The average Bonchev–Trinajstić information content (AvgIpc) is 2.91. The van der Waals surface area contributed by atoms with Gasteiger partial charge in [-0.3, -0.25) is 0 Å². The van der Waals surface area contributed by atoms with Crippen molar-refractivity contribution in [3.8, 4) is 5.75 Å². The Hall–Kier alpha value is -2.20. The van der Waals surface area contributed by atoms with Crippen molar-refractivity contribution in [1.29, 1.82) is 0 Å². The number of hydrogen-bond donors (Lipinski definition) is 1. The number of fused-ring (bicyclic) bond motifs is 1. The predicted molar refractivity (Wildman–Crippen MR) is 81.5 cm³/mol. The molecule has 21 heavy (non-hydrogen) atoms. The Kier molecular flexibility index (Phi) is 3.71.